The number of carboxylic acid groups (broad SMARTS) is 1. The number of likely N-dealkylation sites (tertiary alicyclic amines) is 1. The van der Waals surface area contributed by atoms with Gasteiger partial charge < -0.3 is 20.1 Å². The number of ether oxygens (including phenoxy) is 1. The van der Waals surface area contributed by atoms with Crippen molar-refractivity contribution in [3.05, 3.63) is 0 Å². The minimum absolute atomic E-state index is 0.672. The van der Waals surface area contributed by atoms with Crippen LogP contribution in [0.5, 0.6) is 0 Å². The van der Waals surface area contributed by atoms with Gasteiger partial charge in [0.2, 0.25) is 0 Å². The molecule has 0 bridgehead atoms. The van der Waals surface area contributed by atoms with E-state index in [-0.39, 0.29) is 0 Å². The highest BCUT2D eigenvalue weighted by Gasteiger charge is 2.31. The molecule has 0 saturated carbocycles. The third-order valence-corrected chi connectivity index (χ3v) is 4.21. The molecule has 118 valence electrons. The SMILES string of the molecule is CCNC(C)(CCCCN1CCC(COC)C1)C(=O)O. The largest absolute Gasteiger partial charge is 0.480 e. The molecule has 0 aromatic heterocycles. The topological polar surface area (TPSA) is 61.8 Å². The quantitative estimate of drug-likeness (QED) is 0.597. The van der Waals surface area contributed by atoms with Crippen LogP contribution in [0, 0.1) is 5.92 Å². The molecule has 1 fully saturated rings. The van der Waals surface area contributed by atoms with Crippen molar-refractivity contribution in [1.82, 2.24) is 10.2 Å². The molecule has 1 aliphatic rings. The molecular weight excluding hydrogens is 256 g/mol. The average molecular weight is 286 g/mol. The Hall–Kier alpha value is -0.650. The molecule has 0 amide bonds. The van der Waals surface area contributed by atoms with Gasteiger partial charge >= 0.3 is 5.97 Å². The van der Waals surface area contributed by atoms with Gasteiger partial charge in [0.1, 0.15) is 5.54 Å². The molecule has 0 aromatic rings. The average Bonchev–Trinajstić information content (AvgIpc) is 2.83. The summed E-state index contributed by atoms with van der Waals surface area (Å²) in [5.41, 5.74) is -0.779. The van der Waals surface area contributed by atoms with E-state index in [0.717, 1.165) is 39.1 Å². The Labute approximate surface area is 122 Å². The predicted octanol–water partition coefficient (Wildman–Crippen LogP) is 1.58. The number of carbonyl (C=O) groups is 1. The number of hydrogen-bond acceptors (Lipinski definition) is 4. The summed E-state index contributed by atoms with van der Waals surface area (Å²) in [6.07, 6.45) is 3.92. The van der Waals surface area contributed by atoms with E-state index in [1.54, 1.807) is 14.0 Å². The van der Waals surface area contributed by atoms with Gasteiger partial charge in [0.15, 0.2) is 0 Å². The lowest BCUT2D eigenvalue weighted by Crippen LogP contribution is -2.49. The molecule has 2 unspecified atom stereocenters. The van der Waals surface area contributed by atoms with Crippen LogP contribution in [0.1, 0.15) is 39.5 Å². The summed E-state index contributed by atoms with van der Waals surface area (Å²) in [5.74, 6) is -0.0771. The van der Waals surface area contributed by atoms with E-state index < -0.39 is 11.5 Å². The molecule has 2 N–H and O–H groups in total. The summed E-state index contributed by atoms with van der Waals surface area (Å²) < 4.78 is 5.20. The van der Waals surface area contributed by atoms with Crippen LogP contribution in [-0.2, 0) is 9.53 Å². The van der Waals surface area contributed by atoms with Crippen molar-refractivity contribution in [3.63, 3.8) is 0 Å². The monoisotopic (exact) mass is 286 g/mol. The van der Waals surface area contributed by atoms with E-state index in [0.29, 0.717) is 18.9 Å². The lowest BCUT2D eigenvalue weighted by molar-refractivity contribution is -0.144. The van der Waals surface area contributed by atoms with Gasteiger partial charge in [-0.15, -0.1) is 0 Å². The number of likely N-dealkylation sites (N-methyl/N-ethyl adjacent to an activating group) is 1. The molecule has 2 atom stereocenters. The van der Waals surface area contributed by atoms with Crippen LogP contribution in [0.25, 0.3) is 0 Å². The highest BCUT2D eigenvalue weighted by Crippen LogP contribution is 2.18. The third kappa shape index (κ3) is 5.38. The molecule has 1 saturated heterocycles. The van der Waals surface area contributed by atoms with Crippen molar-refractivity contribution in [2.45, 2.75) is 45.1 Å². The molecule has 5 nitrogen and oxygen atoms in total. The van der Waals surface area contributed by atoms with E-state index in [1.165, 1.54) is 6.42 Å². The molecule has 0 spiro atoms. The van der Waals surface area contributed by atoms with Crippen LogP contribution >= 0.6 is 0 Å². The number of nitrogens with zero attached hydrogens (tertiary/aromatic N) is 1. The molecule has 1 rings (SSSR count). The minimum Gasteiger partial charge on any atom is -0.480 e. The fourth-order valence-corrected chi connectivity index (χ4v) is 2.96. The molecule has 5 heteroatoms. The summed E-state index contributed by atoms with van der Waals surface area (Å²) in [6.45, 7) is 8.61. The van der Waals surface area contributed by atoms with Gasteiger partial charge in [0.25, 0.3) is 0 Å². The maximum absolute atomic E-state index is 11.3. The fraction of sp³-hybridized carbons (Fsp3) is 0.933. The standard InChI is InChI=1S/C15H30N2O3/c1-4-16-15(2,14(18)19)8-5-6-9-17-10-7-13(11-17)12-20-3/h13,16H,4-12H2,1-3H3,(H,18,19). The van der Waals surface area contributed by atoms with Crippen LogP contribution < -0.4 is 5.32 Å². The smallest absolute Gasteiger partial charge is 0.323 e. The van der Waals surface area contributed by atoms with Crippen LogP contribution in [-0.4, -0.2) is 61.4 Å². The maximum Gasteiger partial charge on any atom is 0.323 e. The van der Waals surface area contributed by atoms with Crippen LogP contribution in [0.3, 0.4) is 0 Å². The van der Waals surface area contributed by atoms with E-state index in [9.17, 15) is 9.90 Å². The Morgan fingerprint density at radius 3 is 2.85 bits per heavy atom. The summed E-state index contributed by atoms with van der Waals surface area (Å²) in [5, 5.41) is 12.4. The lowest BCUT2D eigenvalue weighted by atomic mass is 9.95. The number of rotatable bonds is 10. The lowest BCUT2D eigenvalue weighted by Gasteiger charge is -2.26. The zero-order valence-corrected chi connectivity index (χ0v) is 13.2. The second-order valence-corrected chi connectivity index (χ2v) is 6.04. The molecule has 0 radical (unpaired) electrons. The van der Waals surface area contributed by atoms with Gasteiger partial charge in [0, 0.05) is 13.7 Å². The molecular formula is C15H30N2O3. The Balaban J connectivity index is 2.19. The van der Waals surface area contributed by atoms with Crippen molar-refractivity contribution < 1.29 is 14.6 Å². The van der Waals surface area contributed by atoms with E-state index in [1.807, 2.05) is 6.92 Å². The van der Waals surface area contributed by atoms with Crippen molar-refractivity contribution in [2.24, 2.45) is 5.92 Å². The van der Waals surface area contributed by atoms with Gasteiger partial charge in [-0.3, -0.25) is 4.79 Å². The summed E-state index contributed by atoms with van der Waals surface area (Å²) >= 11 is 0. The number of nitrogens with one attached hydrogen (secondary N) is 1. The Morgan fingerprint density at radius 2 is 2.25 bits per heavy atom. The van der Waals surface area contributed by atoms with E-state index >= 15 is 0 Å². The molecule has 1 aliphatic heterocycles. The van der Waals surface area contributed by atoms with Crippen molar-refractivity contribution in [2.75, 3.05) is 39.9 Å². The van der Waals surface area contributed by atoms with Gasteiger partial charge in [-0.2, -0.15) is 0 Å². The summed E-state index contributed by atoms with van der Waals surface area (Å²) in [7, 11) is 1.76. The third-order valence-electron chi connectivity index (χ3n) is 4.21. The zero-order valence-electron chi connectivity index (χ0n) is 13.2. The van der Waals surface area contributed by atoms with E-state index in [2.05, 4.69) is 10.2 Å². The maximum atomic E-state index is 11.3. The number of unbranched alkanes of at least 4 members (excludes halogenated alkanes) is 1. The first-order valence-corrected chi connectivity index (χ1v) is 7.71. The number of carboxylic acids is 1. The van der Waals surface area contributed by atoms with Crippen LogP contribution in [0.15, 0.2) is 0 Å². The van der Waals surface area contributed by atoms with Gasteiger partial charge in [0.05, 0.1) is 6.61 Å². The fourth-order valence-electron chi connectivity index (χ4n) is 2.96. The van der Waals surface area contributed by atoms with Gasteiger partial charge in [-0.05, 0) is 58.2 Å². The number of hydrogen-bond donors (Lipinski definition) is 2. The second kappa shape index (κ2) is 8.60. The number of aliphatic carboxylic acids is 1. The molecule has 1 heterocycles. The highest BCUT2D eigenvalue weighted by atomic mass is 16.5. The summed E-state index contributed by atoms with van der Waals surface area (Å²) in [4.78, 5) is 13.8. The highest BCUT2D eigenvalue weighted by molar-refractivity contribution is 5.78. The summed E-state index contributed by atoms with van der Waals surface area (Å²) in [6, 6.07) is 0. The Bertz CT molecular complexity index is 299. The Morgan fingerprint density at radius 1 is 1.50 bits per heavy atom. The van der Waals surface area contributed by atoms with Gasteiger partial charge in [-0.1, -0.05) is 6.92 Å². The molecule has 20 heavy (non-hydrogen) atoms. The first kappa shape index (κ1) is 17.4. The van der Waals surface area contributed by atoms with Crippen molar-refractivity contribution >= 4 is 5.97 Å². The predicted molar refractivity (Wildman–Crippen MR) is 80.0 cm³/mol. The van der Waals surface area contributed by atoms with E-state index in [4.69, 9.17) is 4.74 Å². The zero-order chi connectivity index (χ0) is 15.0. The molecule has 0 aromatic carbocycles. The van der Waals surface area contributed by atoms with Crippen LogP contribution in [0.2, 0.25) is 0 Å². The molecule has 0 aliphatic carbocycles. The Kier molecular flexibility index (Phi) is 7.48. The van der Waals surface area contributed by atoms with Gasteiger partial charge in [-0.25, -0.2) is 0 Å². The van der Waals surface area contributed by atoms with Crippen molar-refractivity contribution in [3.8, 4) is 0 Å². The number of methoxy groups -OCH3 is 1. The van der Waals surface area contributed by atoms with Crippen molar-refractivity contribution in [1.29, 1.82) is 0 Å². The van der Waals surface area contributed by atoms with Crippen LogP contribution in [0.4, 0.5) is 0 Å². The second-order valence-electron chi connectivity index (χ2n) is 6.04. The normalized spacial score (nSPS) is 22.9. The first-order valence-electron chi connectivity index (χ1n) is 7.71. The first-order chi connectivity index (χ1) is 9.51. The minimum atomic E-state index is -0.779.